The van der Waals surface area contributed by atoms with Crippen molar-refractivity contribution in [3.63, 3.8) is 0 Å². The molecule has 2 aromatic carbocycles. The van der Waals surface area contributed by atoms with Crippen LogP contribution in [0.25, 0.3) is 0 Å². The van der Waals surface area contributed by atoms with Gasteiger partial charge in [-0.2, -0.15) is 0 Å². The highest BCUT2D eigenvalue weighted by Gasteiger charge is 2.11. The zero-order chi connectivity index (χ0) is 15.4. The maximum atomic E-state index is 13.4. The number of aryl methyl sites for hydroxylation is 2. The van der Waals surface area contributed by atoms with Crippen molar-refractivity contribution in [1.29, 1.82) is 0 Å². The van der Waals surface area contributed by atoms with Crippen molar-refractivity contribution in [3.8, 4) is 0 Å². The minimum Gasteiger partial charge on any atom is -0.271 e. The highest BCUT2D eigenvalue weighted by molar-refractivity contribution is 9.10. The van der Waals surface area contributed by atoms with Gasteiger partial charge in [0.25, 0.3) is 0 Å². The van der Waals surface area contributed by atoms with E-state index in [1.807, 2.05) is 6.07 Å². The van der Waals surface area contributed by atoms with Crippen LogP contribution >= 0.6 is 15.9 Å². The van der Waals surface area contributed by atoms with Gasteiger partial charge in [0.05, 0.1) is 0 Å². The third kappa shape index (κ3) is 4.92. The number of hydrogen-bond donors (Lipinski definition) is 2. The minimum atomic E-state index is -0.235. The van der Waals surface area contributed by atoms with E-state index >= 15 is 0 Å². The van der Waals surface area contributed by atoms with Gasteiger partial charge in [-0.3, -0.25) is 11.3 Å². The Morgan fingerprint density at radius 1 is 1.00 bits per heavy atom. The maximum absolute atomic E-state index is 13.4. The van der Waals surface area contributed by atoms with Crippen molar-refractivity contribution in [2.45, 2.75) is 32.7 Å². The summed E-state index contributed by atoms with van der Waals surface area (Å²) in [5.41, 5.74) is 7.50. The molecule has 0 aliphatic carbocycles. The molecule has 2 nitrogen and oxygen atoms in total. The SMILES string of the molecule is Cc1cc(C)cc(CC(Cc2cc(F)cc(Br)c2)NN)c1. The number of benzene rings is 2. The molecule has 0 amide bonds. The summed E-state index contributed by atoms with van der Waals surface area (Å²) in [6.45, 7) is 4.18. The molecule has 3 N–H and O–H groups in total. The Balaban J connectivity index is 2.12. The lowest BCUT2D eigenvalue weighted by Gasteiger charge is -2.17. The van der Waals surface area contributed by atoms with Crippen LogP contribution in [-0.2, 0) is 12.8 Å². The molecule has 0 aromatic heterocycles. The summed E-state index contributed by atoms with van der Waals surface area (Å²) >= 11 is 3.32. The topological polar surface area (TPSA) is 38.0 Å². The van der Waals surface area contributed by atoms with Gasteiger partial charge in [-0.05, 0) is 56.0 Å². The average Bonchev–Trinajstić information content (AvgIpc) is 2.35. The number of hydrogen-bond acceptors (Lipinski definition) is 2. The number of rotatable bonds is 5. The Hall–Kier alpha value is -1.23. The first-order valence-corrected chi connectivity index (χ1v) is 7.74. The lowest BCUT2D eigenvalue weighted by Crippen LogP contribution is -2.38. The highest BCUT2D eigenvalue weighted by Crippen LogP contribution is 2.18. The van der Waals surface area contributed by atoms with E-state index in [9.17, 15) is 4.39 Å². The monoisotopic (exact) mass is 350 g/mol. The summed E-state index contributed by atoms with van der Waals surface area (Å²) in [5, 5.41) is 0. The largest absolute Gasteiger partial charge is 0.271 e. The molecular weight excluding hydrogens is 331 g/mol. The molecule has 1 unspecified atom stereocenters. The van der Waals surface area contributed by atoms with E-state index < -0.39 is 0 Å². The predicted octanol–water partition coefficient (Wildman–Crippen LogP) is 3.82. The minimum absolute atomic E-state index is 0.0694. The van der Waals surface area contributed by atoms with E-state index in [0.29, 0.717) is 6.42 Å². The summed E-state index contributed by atoms with van der Waals surface area (Å²) < 4.78 is 14.2. The van der Waals surface area contributed by atoms with Gasteiger partial charge in [0.1, 0.15) is 5.82 Å². The first kappa shape index (κ1) is 16.1. The molecule has 0 bridgehead atoms. The molecule has 1 atom stereocenters. The standard InChI is InChI=1S/C17H20BrFN2/c1-11-3-12(2)5-13(4-11)8-17(21-20)9-14-6-15(18)10-16(19)7-14/h3-7,10,17,21H,8-9,20H2,1-2H3. The first-order chi connectivity index (χ1) is 9.96. The first-order valence-electron chi connectivity index (χ1n) is 6.94. The third-order valence-corrected chi connectivity index (χ3v) is 3.86. The second-order valence-electron chi connectivity index (χ2n) is 5.55. The predicted molar refractivity (Wildman–Crippen MR) is 88.5 cm³/mol. The molecule has 0 radical (unpaired) electrons. The van der Waals surface area contributed by atoms with E-state index in [4.69, 9.17) is 5.84 Å². The van der Waals surface area contributed by atoms with Gasteiger partial charge >= 0.3 is 0 Å². The maximum Gasteiger partial charge on any atom is 0.124 e. The lowest BCUT2D eigenvalue weighted by molar-refractivity contribution is 0.520. The highest BCUT2D eigenvalue weighted by atomic mass is 79.9. The third-order valence-electron chi connectivity index (χ3n) is 3.40. The van der Waals surface area contributed by atoms with Crippen LogP contribution in [0.2, 0.25) is 0 Å². The van der Waals surface area contributed by atoms with E-state index in [0.717, 1.165) is 16.5 Å². The second-order valence-corrected chi connectivity index (χ2v) is 6.46. The van der Waals surface area contributed by atoms with Crippen LogP contribution < -0.4 is 11.3 Å². The normalized spacial score (nSPS) is 12.4. The van der Waals surface area contributed by atoms with Crippen molar-refractivity contribution in [3.05, 3.63) is 68.9 Å². The Bertz CT molecular complexity index is 534. The molecule has 0 saturated carbocycles. The van der Waals surface area contributed by atoms with Gasteiger partial charge in [-0.25, -0.2) is 4.39 Å². The van der Waals surface area contributed by atoms with E-state index in [1.54, 1.807) is 6.07 Å². The zero-order valence-corrected chi connectivity index (χ0v) is 13.9. The molecule has 0 spiro atoms. The summed E-state index contributed by atoms with van der Waals surface area (Å²) in [7, 11) is 0. The fourth-order valence-corrected chi connectivity index (χ4v) is 3.19. The number of nitrogens with one attached hydrogen (secondary N) is 1. The quantitative estimate of drug-likeness (QED) is 0.635. The molecule has 0 saturated heterocycles. The van der Waals surface area contributed by atoms with E-state index in [2.05, 4.69) is 53.4 Å². The fourth-order valence-electron chi connectivity index (χ4n) is 2.67. The molecule has 112 valence electrons. The van der Waals surface area contributed by atoms with Crippen LogP contribution in [0.4, 0.5) is 4.39 Å². The summed E-state index contributed by atoms with van der Waals surface area (Å²) in [6, 6.07) is 11.5. The van der Waals surface area contributed by atoms with Gasteiger partial charge in [-0.1, -0.05) is 45.3 Å². The number of nitrogens with two attached hydrogens (primary N) is 1. The van der Waals surface area contributed by atoms with Gasteiger partial charge in [0.2, 0.25) is 0 Å². The van der Waals surface area contributed by atoms with Crippen LogP contribution in [0.3, 0.4) is 0 Å². The molecule has 0 fully saturated rings. The second kappa shape index (κ2) is 7.16. The van der Waals surface area contributed by atoms with Gasteiger partial charge in [0.15, 0.2) is 0 Å². The molecule has 0 aliphatic rings. The molecule has 21 heavy (non-hydrogen) atoms. The van der Waals surface area contributed by atoms with Crippen LogP contribution in [-0.4, -0.2) is 6.04 Å². The van der Waals surface area contributed by atoms with Crippen LogP contribution in [0.1, 0.15) is 22.3 Å². The fraction of sp³-hybridized carbons (Fsp3) is 0.294. The smallest absolute Gasteiger partial charge is 0.124 e. The number of hydrazine groups is 1. The van der Waals surface area contributed by atoms with Gasteiger partial charge in [-0.15, -0.1) is 0 Å². The van der Waals surface area contributed by atoms with Crippen LogP contribution in [0.5, 0.6) is 0 Å². The van der Waals surface area contributed by atoms with E-state index in [1.165, 1.54) is 22.8 Å². The Morgan fingerprint density at radius 3 is 2.10 bits per heavy atom. The zero-order valence-electron chi connectivity index (χ0n) is 12.3. The van der Waals surface area contributed by atoms with Crippen molar-refractivity contribution < 1.29 is 4.39 Å². The van der Waals surface area contributed by atoms with Crippen molar-refractivity contribution in [2.24, 2.45) is 5.84 Å². The average molecular weight is 351 g/mol. The molecule has 2 aromatic rings. The Morgan fingerprint density at radius 2 is 1.57 bits per heavy atom. The van der Waals surface area contributed by atoms with Crippen molar-refractivity contribution in [1.82, 2.24) is 5.43 Å². The van der Waals surface area contributed by atoms with E-state index in [-0.39, 0.29) is 11.9 Å². The molecular formula is C17H20BrFN2. The van der Waals surface area contributed by atoms with Crippen molar-refractivity contribution >= 4 is 15.9 Å². The lowest BCUT2D eigenvalue weighted by atomic mass is 9.97. The van der Waals surface area contributed by atoms with Gasteiger partial charge in [0, 0.05) is 10.5 Å². The van der Waals surface area contributed by atoms with Crippen LogP contribution in [0.15, 0.2) is 40.9 Å². The van der Waals surface area contributed by atoms with Gasteiger partial charge < -0.3 is 0 Å². The molecule has 0 aliphatic heterocycles. The Labute approximate surface area is 133 Å². The summed E-state index contributed by atoms with van der Waals surface area (Å²) in [5.74, 6) is 5.43. The summed E-state index contributed by atoms with van der Waals surface area (Å²) in [6.07, 6.45) is 1.49. The molecule has 0 heterocycles. The van der Waals surface area contributed by atoms with Crippen molar-refractivity contribution in [2.75, 3.05) is 0 Å². The molecule has 4 heteroatoms. The summed E-state index contributed by atoms with van der Waals surface area (Å²) in [4.78, 5) is 0. The van der Waals surface area contributed by atoms with Crippen LogP contribution in [0, 0.1) is 19.7 Å². The number of halogens is 2. The molecule has 2 rings (SSSR count). The Kier molecular flexibility index (Phi) is 5.51.